The van der Waals surface area contributed by atoms with Crippen LogP contribution in [0, 0.1) is 0 Å². The van der Waals surface area contributed by atoms with E-state index in [1.54, 1.807) is 0 Å². The summed E-state index contributed by atoms with van der Waals surface area (Å²) in [6.45, 7) is 0. The molecular weight excluding hydrogens is 309 g/mol. The predicted octanol–water partition coefficient (Wildman–Crippen LogP) is 2.47. The van der Waals surface area contributed by atoms with Crippen molar-refractivity contribution >= 4 is 21.9 Å². The molecule has 0 fully saturated rings. The van der Waals surface area contributed by atoms with Crippen molar-refractivity contribution in [1.29, 1.82) is 0 Å². The number of carbonyl (C=O) groups is 1. The molecule has 17 heavy (non-hydrogen) atoms. The van der Waals surface area contributed by atoms with Gasteiger partial charge in [0.2, 0.25) is 0 Å². The Morgan fingerprint density at radius 2 is 2.00 bits per heavy atom. The lowest BCUT2D eigenvalue weighted by Gasteiger charge is -2.12. The molecule has 1 atom stereocenters. The fraction of sp³-hybridized carbons (Fsp3) is 0.222. The first-order valence-electron chi connectivity index (χ1n) is 4.17. The van der Waals surface area contributed by atoms with E-state index in [1.165, 1.54) is 0 Å². The van der Waals surface area contributed by atoms with Crippen LogP contribution < -0.4 is 4.74 Å². The van der Waals surface area contributed by atoms with Gasteiger partial charge < -0.3 is 14.9 Å². The highest BCUT2D eigenvalue weighted by atomic mass is 79.9. The number of hydrogen-bond acceptors (Lipinski definition) is 3. The molecule has 4 nitrogen and oxygen atoms in total. The van der Waals surface area contributed by atoms with Crippen molar-refractivity contribution in [2.24, 2.45) is 0 Å². The summed E-state index contributed by atoms with van der Waals surface area (Å²) >= 11 is 2.85. The number of aliphatic hydroxyl groups excluding tert-OH is 1. The van der Waals surface area contributed by atoms with Gasteiger partial charge in [0.05, 0.1) is 0 Å². The number of alkyl halides is 3. The van der Waals surface area contributed by atoms with Crippen LogP contribution in [-0.2, 0) is 4.79 Å². The maximum absolute atomic E-state index is 11.9. The first-order chi connectivity index (χ1) is 7.70. The van der Waals surface area contributed by atoms with Crippen LogP contribution in [0.5, 0.6) is 5.75 Å². The summed E-state index contributed by atoms with van der Waals surface area (Å²) in [7, 11) is 0. The van der Waals surface area contributed by atoms with Crippen LogP contribution in [0.15, 0.2) is 22.7 Å². The molecule has 1 aromatic carbocycles. The summed E-state index contributed by atoms with van der Waals surface area (Å²) in [6, 6.07) is 2.87. The van der Waals surface area contributed by atoms with Crippen LogP contribution in [0.2, 0.25) is 0 Å². The number of carboxylic acids is 1. The monoisotopic (exact) mass is 314 g/mol. The van der Waals surface area contributed by atoms with Crippen molar-refractivity contribution in [2.75, 3.05) is 0 Å². The molecule has 0 amide bonds. The zero-order valence-corrected chi connectivity index (χ0v) is 9.62. The fourth-order valence-corrected chi connectivity index (χ4v) is 1.63. The largest absolute Gasteiger partial charge is 0.573 e. The molecule has 8 heteroatoms. The standard InChI is InChI=1S/C9H6BrF3O4/c10-6-3-4(17-9(11,12)13)1-2-5(6)7(14)8(15)16/h1-3,7,14H,(H,15,16). The number of benzene rings is 1. The van der Waals surface area contributed by atoms with Gasteiger partial charge in [-0.25, -0.2) is 4.79 Å². The van der Waals surface area contributed by atoms with Crippen molar-refractivity contribution in [2.45, 2.75) is 12.5 Å². The number of aliphatic hydroxyl groups is 1. The highest BCUT2D eigenvalue weighted by Crippen LogP contribution is 2.30. The summed E-state index contributed by atoms with van der Waals surface area (Å²) < 4.78 is 39.3. The molecule has 0 spiro atoms. The zero-order valence-electron chi connectivity index (χ0n) is 8.03. The molecule has 0 radical (unpaired) electrons. The smallest absolute Gasteiger partial charge is 0.479 e. The molecular formula is C9H6BrF3O4. The molecule has 1 aromatic rings. The molecule has 0 aromatic heterocycles. The van der Waals surface area contributed by atoms with Crippen molar-refractivity contribution in [1.82, 2.24) is 0 Å². The number of ether oxygens (including phenoxy) is 1. The maximum Gasteiger partial charge on any atom is 0.573 e. The van der Waals surface area contributed by atoms with Crippen LogP contribution in [0.3, 0.4) is 0 Å². The summed E-state index contributed by atoms with van der Waals surface area (Å²) in [4.78, 5) is 10.5. The Hall–Kier alpha value is -1.28. The lowest BCUT2D eigenvalue weighted by atomic mass is 10.1. The van der Waals surface area contributed by atoms with Crippen molar-refractivity contribution in [3.05, 3.63) is 28.2 Å². The van der Waals surface area contributed by atoms with Crippen LogP contribution in [-0.4, -0.2) is 22.5 Å². The maximum atomic E-state index is 11.9. The minimum Gasteiger partial charge on any atom is -0.479 e. The lowest BCUT2D eigenvalue weighted by molar-refractivity contribution is -0.274. The SMILES string of the molecule is O=C(O)C(O)c1ccc(OC(F)(F)F)cc1Br. The second-order valence-electron chi connectivity index (χ2n) is 2.97. The second kappa shape index (κ2) is 4.92. The average Bonchev–Trinajstić information content (AvgIpc) is 2.14. The Morgan fingerprint density at radius 3 is 2.41 bits per heavy atom. The molecule has 0 aliphatic rings. The van der Waals surface area contributed by atoms with Crippen LogP contribution >= 0.6 is 15.9 Å². The lowest BCUT2D eigenvalue weighted by Crippen LogP contribution is -2.17. The summed E-state index contributed by atoms with van der Waals surface area (Å²) in [6.07, 6.45) is -6.64. The van der Waals surface area contributed by atoms with E-state index in [2.05, 4.69) is 20.7 Å². The van der Waals surface area contributed by atoms with Crippen LogP contribution in [0.1, 0.15) is 11.7 Å². The third-order valence-corrected chi connectivity index (χ3v) is 2.42. The Labute approximate surface area is 102 Å². The average molecular weight is 315 g/mol. The third-order valence-electron chi connectivity index (χ3n) is 1.73. The first kappa shape index (κ1) is 13.8. The molecule has 0 saturated carbocycles. The molecule has 1 rings (SSSR count). The Morgan fingerprint density at radius 1 is 1.41 bits per heavy atom. The highest BCUT2D eigenvalue weighted by Gasteiger charge is 2.31. The quantitative estimate of drug-likeness (QED) is 0.899. The van der Waals surface area contributed by atoms with E-state index in [0.29, 0.717) is 0 Å². The van der Waals surface area contributed by atoms with Gasteiger partial charge in [-0.3, -0.25) is 0 Å². The van der Waals surface area contributed by atoms with Crippen molar-refractivity contribution < 1.29 is 32.9 Å². The number of rotatable bonds is 3. The molecule has 0 heterocycles. The van der Waals surface area contributed by atoms with Crippen LogP contribution in [0.25, 0.3) is 0 Å². The molecule has 0 aliphatic carbocycles. The van der Waals surface area contributed by atoms with E-state index in [9.17, 15) is 23.1 Å². The minimum absolute atomic E-state index is 0.00847. The summed E-state index contributed by atoms with van der Waals surface area (Å²) in [5.41, 5.74) is -0.0629. The van der Waals surface area contributed by atoms with Crippen molar-refractivity contribution in [3.8, 4) is 5.75 Å². The topological polar surface area (TPSA) is 66.8 Å². The number of hydrogen-bond donors (Lipinski definition) is 2. The molecule has 94 valence electrons. The fourth-order valence-electron chi connectivity index (χ4n) is 1.06. The molecule has 1 unspecified atom stereocenters. The third kappa shape index (κ3) is 3.90. The number of aliphatic carboxylic acids is 1. The van der Waals surface area contributed by atoms with Crippen LogP contribution in [0.4, 0.5) is 13.2 Å². The van der Waals surface area contributed by atoms with E-state index in [-0.39, 0.29) is 10.0 Å². The normalized spacial score (nSPS) is 13.2. The molecule has 0 bridgehead atoms. The van der Waals surface area contributed by atoms with Gasteiger partial charge in [-0.05, 0) is 12.1 Å². The van der Waals surface area contributed by atoms with Gasteiger partial charge in [-0.2, -0.15) is 0 Å². The van der Waals surface area contributed by atoms with Gasteiger partial charge in [-0.1, -0.05) is 22.0 Å². The van der Waals surface area contributed by atoms with Gasteiger partial charge >= 0.3 is 12.3 Å². The van der Waals surface area contributed by atoms with Gasteiger partial charge in [-0.15, -0.1) is 13.2 Å². The van der Waals surface area contributed by atoms with E-state index < -0.39 is 24.2 Å². The Kier molecular flexibility index (Phi) is 3.99. The van der Waals surface area contributed by atoms with Gasteiger partial charge in [0.1, 0.15) is 5.75 Å². The summed E-state index contributed by atoms with van der Waals surface area (Å²) in [5, 5.41) is 17.7. The zero-order chi connectivity index (χ0) is 13.2. The van der Waals surface area contributed by atoms with Gasteiger partial charge in [0.25, 0.3) is 0 Å². The van der Waals surface area contributed by atoms with Gasteiger partial charge in [0, 0.05) is 10.0 Å². The van der Waals surface area contributed by atoms with E-state index in [0.717, 1.165) is 18.2 Å². The van der Waals surface area contributed by atoms with Crippen molar-refractivity contribution in [3.63, 3.8) is 0 Å². The highest BCUT2D eigenvalue weighted by molar-refractivity contribution is 9.10. The Bertz CT molecular complexity index is 433. The Balaban J connectivity index is 2.98. The molecule has 0 aliphatic heterocycles. The van der Waals surface area contributed by atoms with E-state index in [4.69, 9.17) is 5.11 Å². The number of carboxylic acid groups (broad SMARTS) is 1. The minimum atomic E-state index is -4.83. The molecule has 0 saturated heterocycles. The summed E-state index contributed by atoms with van der Waals surface area (Å²) in [5.74, 6) is -2.01. The first-order valence-corrected chi connectivity index (χ1v) is 4.96. The molecule has 2 N–H and O–H groups in total. The van der Waals surface area contributed by atoms with E-state index >= 15 is 0 Å². The number of halogens is 4. The second-order valence-corrected chi connectivity index (χ2v) is 3.83. The predicted molar refractivity (Wildman–Crippen MR) is 53.4 cm³/mol. The van der Waals surface area contributed by atoms with Gasteiger partial charge in [0.15, 0.2) is 6.10 Å². The van der Waals surface area contributed by atoms with E-state index in [1.807, 2.05) is 0 Å².